The maximum absolute atomic E-state index is 12.1. The van der Waals surface area contributed by atoms with Gasteiger partial charge in [-0.3, -0.25) is 4.79 Å². The zero-order chi connectivity index (χ0) is 15.4. The molecule has 1 aromatic carbocycles. The summed E-state index contributed by atoms with van der Waals surface area (Å²) in [6.07, 6.45) is 1.47. The monoisotopic (exact) mass is 291 g/mol. The van der Waals surface area contributed by atoms with Crippen LogP contribution < -0.4 is 19.5 Å². The molecule has 2 rings (SSSR count). The number of furan rings is 1. The number of aryl methyl sites for hydroxylation is 1. The van der Waals surface area contributed by atoms with E-state index in [4.69, 9.17) is 18.6 Å². The van der Waals surface area contributed by atoms with Gasteiger partial charge in [0.15, 0.2) is 17.3 Å². The Balaban J connectivity index is 2.32. The van der Waals surface area contributed by atoms with E-state index in [-0.39, 0.29) is 11.7 Å². The van der Waals surface area contributed by atoms with E-state index in [1.165, 1.54) is 27.6 Å². The summed E-state index contributed by atoms with van der Waals surface area (Å²) in [5.41, 5.74) is 1.28. The molecule has 0 spiro atoms. The molecule has 2 aromatic rings. The van der Waals surface area contributed by atoms with Gasteiger partial charge >= 0.3 is 0 Å². The number of anilines is 1. The van der Waals surface area contributed by atoms with Crippen molar-refractivity contribution >= 4 is 11.6 Å². The van der Waals surface area contributed by atoms with Gasteiger partial charge in [-0.1, -0.05) is 0 Å². The molecule has 6 heteroatoms. The van der Waals surface area contributed by atoms with Crippen LogP contribution in [0.15, 0.2) is 28.9 Å². The number of nitrogens with one attached hydrogen (secondary N) is 1. The minimum Gasteiger partial charge on any atom is -0.493 e. The molecule has 112 valence electrons. The molecule has 0 saturated carbocycles. The molecule has 6 nitrogen and oxygen atoms in total. The maximum Gasteiger partial charge on any atom is 0.291 e. The maximum atomic E-state index is 12.1. The van der Waals surface area contributed by atoms with Crippen LogP contribution in [0, 0.1) is 6.92 Å². The number of hydrogen-bond donors (Lipinski definition) is 1. The van der Waals surface area contributed by atoms with Crippen LogP contribution in [0.4, 0.5) is 5.69 Å². The minimum absolute atomic E-state index is 0.267. The predicted octanol–water partition coefficient (Wildman–Crippen LogP) is 2.87. The minimum atomic E-state index is -0.341. The average Bonchev–Trinajstić information content (AvgIpc) is 2.92. The summed E-state index contributed by atoms with van der Waals surface area (Å²) in [6, 6.07) is 5.03. The fourth-order valence-electron chi connectivity index (χ4n) is 1.95. The highest BCUT2D eigenvalue weighted by Gasteiger charge is 2.17. The summed E-state index contributed by atoms with van der Waals surface area (Å²) in [4.78, 5) is 12.1. The second-order valence-electron chi connectivity index (χ2n) is 4.30. The zero-order valence-corrected chi connectivity index (χ0v) is 12.4. The Kier molecular flexibility index (Phi) is 4.37. The van der Waals surface area contributed by atoms with Gasteiger partial charge < -0.3 is 23.9 Å². The predicted molar refractivity (Wildman–Crippen MR) is 77.5 cm³/mol. The van der Waals surface area contributed by atoms with Crippen molar-refractivity contribution in [3.8, 4) is 17.2 Å². The fourth-order valence-corrected chi connectivity index (χ4v) is 1.95. The molecule has 0 radical (unpaired) electrons. The van der Waals surface area contributed by atoms with E-state index in [2.05, 4.69) is 5.32 Å². The Morgan fingerprint density at radius 3 is 2.14 bits per heavy atom. The topological polar surface area (TPSA) is 69.9 Å². The number of benzene rings is 1. The largest absolute Gasteiger partial charge is 0.493 e. The van der Waals surface area contributed by atoms with Crippen molar-refractivity contribution < 1.29 is 23.4 Å². The summed E-state index contributed by atoms with van der Waals surface area (Å²) in [5.74, 6) is 1.31. The van der Waals surface area contributed by atoms with E-state index in [1.54, 1.807) is 25.1 Å². The molecule has 0 bridgehead atoms. The lowest BCUT2D eigenvalue weighted by atomic mass is 10.2. The fraction of sp³-hybridized carbons (Fsp3) is 0.267. The first-order valence-corrected chi connectivity index (χ1v) is 6.26. The molecule has 1 aromatic heterocycles. The van der Waals surface area contributed by atoms with Crippen LogP contribution in [0.25, 0.3) is 0 Å². The van der Waals surface area contributed by atoms with Crippen molar-refractivity contribution in [1.82, 2.24) is 0 Å². The Bertz CT molecular complexity index is 622. The molecule has 0 aliphatic rings. The lowest BCUT2D eigenvalue weighted by Crippen LogP contribution is -2.12. The van der Waals surface area contributed by atoms with E-state index in [0.29, 0.717) is 22.9 Å². The molecule has 0 aliphatic heterocycles. The standard InChI is InChI=1S/C15H17NO5/c1-9-5-6-21-13(9)15(17)16-10-7-11(18-2)14(20-4)12(8-10)19-3/h5-8H,1-4H3,(H,16,17). The van der Waals surface area contributed by atoms with Crippen molar-refractivity contribution in [1.29, 1.82) is 0 Å². The number of carbonyl (C=O) groups excluding carboxylic acids is 1. The highest BCUT2D eigenvalue weighted by Crippen LogP contribution is 2.40. The SMILES string of the molecule is COc1cc(NC(=O)c2occc2C)cc(OC)c1OC. The van der Waals surface area contributed by atoms with Crippen molar-refractivity contribution in [2.75, 3.05) is 26.6 Å². The van der Waals surface area contributed by atoms with Gasteiger partial charge in [0.1, 0.15) is 0 Å². The number of hydrogen-bond acceptors (Lipinski definition) is 5. The molecular weight excluding hydrogens is 274 g/mol. The smallest absolute Gasteiger partial charge is 0.291 e. The van der Waals surface area contributed by atoms with Gasteiger partial charge in [0.2, 0.25) is 5.75 Å². The summed E-state index contributed by atoms with van der Waals surface area (Å²) >= 11 is 0. The summed E-state index contributed by atoms with van der Waals surface area (Å²) in [6.45, 7) is 1.80. The second kappa shape index (κ2) is 6.21. The van der Waals surface area contributed by atoms with Gasteiger partial charge in [-0.15, -0.1) is 0 Å². The number of ether oxygens (including phenoxy) is 3. The molecule has 1 N–H and O–H groups in total. The van der Waals surface area contributed by atoms with Crippen LogP contribution in [0.5, 0.6) is 17.2 Å². The molecule has 1 amide bonds. The van der Waals surface area contributed by atoms with E-state index in [1.807, 2.05) is 0 Å². The molecule has 0 saturated heterocycles. The van der Waals surface area contributed by atoms with Gasteiger partial charge in [0, 0.05) is 23.4 Å². The Morgan fingerprint density at radius 2 is 1.71 bits per heavy atom. The van der Waals surface area contributed by atoms with Gasteiger partial charge in [-0.05, 0) is 13.0 Å². The normalized spacial score (nSPS) is 10.1. The number of amides is 1. The third-order valence-electron chi connectivity index (χ3n) is 2.99. The van der Waals surface area contributed by atoms with Crippen LogP contribution in [0.2, 0.25) is 0 Å². The van der Waals surface area contributed by atoms with Crippen LogP contribution in [0.1, 0.15) is 16.1 Å². The van der Waals surface area contributed by atoms with Crippen molar-refractivity contribution in [2.24, 2.45) is 0 Å². The highest BCUT2D eigenvalue weighted by molar-refractivity contribution is 6.03. The lowest BCUT2D eigenvalue weighted by molar-refractivity contribution is 0.0996. The third kappa shape index (κ3) is 2.94. The first-order chi connectivity index (χ1) is 10.1. The van der Waals surface area contributed by atoms with Gasteiger partial charge in [0.05, 0.1) is 27.6 Å². The summed E-state index contributed by atoms with van der Waals surface area (Å²) in [5, 5.41) is 2.74. The first-order valence-electron chi connectivity index (χ1n) is 6.26. The Labute approximate surface area is 122 Å². The summed E-state index contributed by atoms with van der Waals surface area (Å²) < 4.78 is 20.9. The quantitative estimate of drug-likeness (QED) is 0.917. The van der Waals surface area contributed by atoms with Crippen molar-refractivity contribution in [2.45, 2.75) is 6.92 Å². The van der Waals surface area contributed by atoms with Crippen LogP contribution >= 0.6 is 0 Å². The lowest BCUT2D eigenvalue weighted by Gasteiger charge is -2.14. The zero-order valence-electron chi connectivity index (χ0n) is 12.4. The van der Waals surface area contributed by atoms with E-state index < -0.39 is 0 Å². The second-order valence-corrected chi connectivity index (χ2v) is 4.30. The Hall–Kier alpha value is -2.63. The number of rotatable bonds is 5. The van der Waals surface area contributed by atoms with Crippen LogP contribution in [0.3, 0.4) is 0 Å². The number of carbonyl (C=O) groups is 1. The molecule has 0 aliphatic carbocycles. The van der Waals surface area contributed by atoms with Gasteiger partial charge in [-0.25, -0.2) is 0 Å². The van der Waals surface area contributed by atoms with Crippen LogP contribution in [-0.2, 0) is 0 Å². The van der Waals surface area contributed by atoms with Gasteiger partial charge in [-0.2, -0.15) is 0 Å². The molecule has 0 unspecified atom stereocenters. The van der Waals surface area contributed by atoms with Gasteiger partial charge in [0.25, 0.3) is 5.91 Å². The molecular formula is C15H17NO5. The third-order valence-corrected chi connectivity index (χ3v) is 2.99. The Morgan fingerprint density at radius 1 is 1.10 bits per heavy atom. The van der Waals surface area contributed by atoms with Crippen molar-refractivity contribution in [3.05, 3.63) is 35.8 Å². The summed E-state index contributed by atoms with van der Waals surface area (Å²) in [7, 11) is 4.55. The molecule has 21 heavy (non-hydrogen) atoms. The highest BCUT2D eigenvalue weighted by atomic mass is 16.5. The van der Waals surface area contributed by atoms with E-state index in [0.717, 1.165) is 5.56 Å². The van der Waals surface area contributed by atoms with E-state index >= 15 is 0 Å². The average molecular weight is 291 g/mol. The molecule has 0 fully saturated rings. The van der Waals surface area contributed by atoms with Crippen molar-refractivity contribution in [3.63, 3.8) is 0 Å². The molecule has 0 atom stereocenters. The van der Waals surface area contributed by atoms with Crippen LogP contribution in [-0.4, -0.2) is 27.2 Å². The number of methoxy groups -OCH3 is 3. The van der Waals surface area contributed by atoms with E-state index in [9.17, 15) is 4.79 Å². The first kappa shape index (κ1) is 14.8. The molecule has 1 heterocycles.